The van der Waals surface area contributed by atoms with Crippen LogP contribution in [0.15, 0.2) is 18.2 Å². The highest BCUT2D eigenvalue weighted by Crippen LogP contribution is 2.12. The fourth-order valence-corrected chi connectivity index (χ4v) is 1.25. The van der Waals surface area contributed by atoms with Gasteiger partial charge in [-0.2, -0.15) is 0 Å². The maximum atomic E-state index is 10.6. The van der Waals surface area contributed by atoms with Crippen LogP contribution in [0.5, 0.6) is 0 Å². The van der Waals surface area contributed by atoms with Gasteiger partial charge in [-0.25, -0.2) is 14.4 Å². The minimum absolute atomic E-state index is 0.266. The topological polar surface area (TPSA) is 186 Å². The van der Waals surface area contributed by atoms with E-state index < -0.39 is 41.0 Å². The molecule has 23 heavy (non-hydrogen) atoms. The van der Waals surface area contributed by atoms with E-state index in [-0.39, 0.29) is 18.4 Å². The first-order valence-electron chi connectivity index (χ1n) is 5.83. The van der Waals surface area contributed by atoms with E-state index in [1.54, 1.807) is 0 Å². The third kappa shape index (κ3) is 7.22. The van der Waals surface area contributed by atoms with Gasteiger partial charge >= 0.3 is 29.8 Å². The molecule has 0 radical (unpaired) electrons. The van der Waals surface area contributed by atoms with Crippen molar-refractivity contribution in [3.8, 4) is 0 Å². The predicted molar refractivity (Wildman–Crippen MR) is 71.8 cm³/mol. The Morgan fingerprint density at radius 2 is 1.09 bits per heavy atom. The lowest BCUT2D eigenvalue weighted by atomic mass is 10.0. The summed E-state index contributed by atoms with van der Waals surface area (Å²) in [6, 6.07) is 2.81. The maximum absolute atomic E-state index is 10.6. The molecule has 0 unspecified atom stereocenters. The third-order valence-corrected chi connectivity index (χ3v) is 2.28. The van der Waals surface area contributed by atoms with Gasteiger partial charge in [-0.15, -0.1) is 0 Å². The van der Waals surface area contributed by atoms with Crippen LogP contribution in [0.4, 0.5) is 0 Å². The molecule has 5 N–H and O–H groups in total. The van der Waals surface area contributed by atoms with Gasteiger partial charge in [0.25, 0.3) is 0 Å². The molecule has 0 saturated heterocycles. The fraction of sp³-hybridized carbons (Fsp3) is 0.154. The smallest absolute Gasteiger partial charge is 0.336 e. The molecule has 1 rings (SSSR count). The summed E-state index contributed by atoms with van der Waals surface area (Å²) >= 11 is 0. The van der Waals surface area contributed by atoms with Crippen molar-refractivity contribution >= 4 is 29.8 Å². The zero-order chi connectivity index (χ0) is 18.2. The highest BCUT2D eigenvalue weighted by molar-refractivity contribution is 6.03. The normalized spacial score (nSPS) is 9.22. The van der Waals surface area contributed by atoms with Crippen molar-refractivity contribution in [2.45, 2.75) is 12.8 Å². The van der Waals surface area contributed by atoms with Gasteiger partial charge in [0.15, 0.2) is 0 Å². The molecule has 0 bridgehead atoms. The van der Waals surface area contributed by atoms with Crippen LogP contribution in [0.2, 0.25) is 0 Å². The number of carbonyl (C=O) groups is 5. The molecule has 0 aromatic heterocycles. The Balaban J connectivity index is 0.000000515. The average molecular weight is 328 g/mol. The molecule has 0 aliphatic heterocycles. The summed E-state index contributed by atoms with van der Waals surface area (Å²) in [5.41, 5.74) is -1.24. The van der Waals surface area contributed by atoms with Crippen LogP contribution in [-0.2, 0) is 9.59 Å². The zero-order valence-corrected chi connectivity index (χ0v) is 11.4. The molecule has 10 nitrogen and oxygen atoms in total. The second kappa shape index (κ2) is 8.77. The maximum Gasteiger partial charge on any atom is 0.336 e. The van der Waals surface area contributed by atoms with Gasteiger partial charge in [0, 0.05) is 0 Å². The lowest BCUT2D eigenvalue weighted by molar-refractivity contribution is -0.143. The lowest BCUT2D eigenvalue weighted by Gasteiger charge is -2.02. The predicted octanol–water partition coefficient (Wildman–Crippen LogP) is 0.717. The van der Waals surface area contributed by atoms with E-state index >= 15 is 0 Å². The minimum atomic E-state index is -1.48. The van der Waals surface area contributed by atoms with Gasteiger partial charge in [0.1, 0.15) is 0 Å². The molecule has 0 aliphatic carbocycles. The largest absolute Gasteiger partial charge is 0.481 e. The van der Waals surface area contributed by atoms with E-state index in [4.69, 9.17) is 25.5 Å². The van der Waals surface area contributed by atoms with Crippen molar-refractivity contribution < 1.29 is 49.5 Å². The molecule has 0 heterocycles. The van der Waals surface area contributed by atoms with Crippen LogP contribution in [0.3, 0.4) is 0 Å². The van der Waals surface area contributed by atoms with Crippen LogP contribution in [0, 0.1) is 0 Å². The molecule has 1 aromatic rings. The van der Waals surface area contributed by atoms with Crippen LogP contribution >= 0.6 is 0 Å². The van der Waals surface area contributed by atoms with E-state index in [1.165, 1.54) is 0 Å². The van der Waals surface area contributed by atoms with Crippen molar-refractivity contribution in [2.24, 2.45) is 0 Å². The van der Waals surface area contributed by atoms with Crippen molar-refractivity contribution in [3.63, 3.8) is 0 Å². The van der Waals surface area contributed by atoms with Crippen molar-refractivity contribution in [1.29, 1.82) is 0 Å². The van der Waals surface area contributed by atoms with Gasteiger partial charge in [-0.3, -0.25) is 9.59 Å². The zero-order valence-electron chi connectivity index (χ0n) is 11.4. The fourth-order valence-electron chi connectivity index (χ4n) is 1.25. The van der Waals surface area contributed by atoms with E-state index in [1.807, 2.05) is 0 Å². The molecule has 124 valence electrons. The van der Waals surface area contributed by atoms with Crippen LogP contribution in [0.25, 0.3) is 0 Å². The molecular formula is C13H12O10. The number of benzene rings is 1. The molecule has 0 amide bonds. The Hall–Kier alpha value is -3.43. The Kier molecular flexibility index (Phi) is 7.46. The Morgan fingerprint density at radius 3 is 1.39 bits per heavy atom. The lowest BCUT2D eigenvalue weighted by Crippen LogP contribution is -2.10. The summed E-state index contributed by atoms with van der Waals surface area (Å²) < 4.78 is 0. The second-order valence-corrected chi connectivity index (χ2v) is 3.96. The van der Waals surface area contributed by atoms with E-state index in [2.05, 4.69) is 0 Å². The highest BCUT2D eigenvalue weighted by Gasteiger charge is 2.17. The molecule has 10 heteroatoms. The van der Waals surface area contributed by atoms with E-state index in [9.17, 15) is 24.0 Å². The van der Waals surface area contributed by atoms with Gasteiger partial charge in [0.2, 0.25) is 0 Å². The first-order valence-corrected chi connectivity index (χ1v) is 5.83. The number of carboxylic acid groups (broad SMARTS) is 5. The molecule has 0 aliphatic rings. The van der Waals surface area contributed by atoms with Crippen molar-refractivity contribution in [2.75, 3.05) is 0 Å². The monoisotopic (exact) mass is 328 g/mol. The first kappa shape index (κ1) is 19.6. The summed E-state index contributed by atoms with van der Waals surface area (Å²) in [7, 11) is 0. The van der Waals surface area contributed by atoms with Gasteiger partial charge in [-0.05, 0) is 18.2 Å². The number of rotatable bonds is 6. The summed E-state index contributed by atoms with van der Waals surface area (Å²) in [5.74, 6) is -6.35. The van der Waals surface area contributed by atoms with E-state index in [0.717, 1.165) is 18.2 Å². The SMILES string of the molecule is O=C(O)CCC(=O)O.O=C(O)c1ccc(C(=O)O)c(C(=O)O)c1. The number of aromatic carboxylic acids is 3. The third-order valence-electron chi connectivity index (χ3n) is 2.28. The molecule has 0 fully saturated rings. The average Bonchev–Trinajstić information content (AvgIpc) is 2.44. The van der Waals surface area contributed by atoms with Crippen molar-refractivity contribution in [1.82, 2.24) is 0 Å². The molecular weight excluding hydrogens is 316 g/mol. The number of hydrogen-bond acceptors (Lipinski definition) is 5. The number of aliphatic carboxylic acids is 2. The standard InChI is InChI=1S/C9H6O6.C4H6O4/c10-7(11)4-1-2-5(8(12)13)6(3-4)9(14)15;5-3(6)1-2-4(7)8/h1-3H,(H,10,11)(H,12,13)(H,14,15);1-2H2,(H,5,6)(H,7,8). The van der Waals surface area contributed by atoms with Crippen LogP contribution in [0.1, 0.15) is 43.9 Å². The molecule has 0 spiro atoms. The molecule has 1 aromatic carbocycles. The van der Waals surface area contributed by atoms with Gasteiger partial charge < -0.3 is 25.5 Å². The summed E-state index contributed by atoms with van der Waals surface area (Å²) in [6.07, 6.45) is -0.593. The first-order chi connectivity index (χ1) is 10.6. The summed E-state index contributed by atoms with van der Waals surface area (Å²) in [4.78, 5) is 51.0. The summed E-state index contributed by atoms with van der Waals surface area (Å²) in [5, 5.41) is 41.7. The molecule has 0 saturated carbocycles. The molecule has 0 atom stereocenters. The Morgan fingerprint density at radius 1 is 0.652 bits per heavy atom. The minimum Gasteiger partial charge on any atom is -0.481 e. The van der Waals surface area contributed by atoms with Gasteiger partial charge in [0.05, 0.1) is 29.5 Å². The second-order valence-electron chi connectivity index (χ2n) is 3.96. The van der Waals surface area contributed by atoms with Crippen LogP contribution < -0.4 is 0 Å². The number of hydrogen-bond donors (Lipinski definition) is 5. The summed E-state index contributed by atoms with van der Waals surface area (Å²) in [6.45, 7) is 0. The van der Waals surface area contributed by atoms with Crippen LogP contribution in [-0.4, -0.2) is 55.4 Å². The van der Waals surface area contributed by atoms with Crippen molar-refractivity contribution in [3.05, 3.63) is 34.9 Å². The highest BCUT2D eigenvalue weighted by atomic mass is 16.4. The van der Waals surface area contributed by atoms with Gasteiger partial charge in [-0.1, -0.05) is 0 Å². The van der Waals surface area contributed by atoms with E-state index in [0.29, 0.717) is 0 Å². The quantitative estimate of drug-likeness (QED) is 0.497. The Labute approximate surface area is 128 Å². The number of carboxylic acids is 5. The Bertz CT molecular complexity index is 632.